The Balaban J connectivity index is 2.64. The van der Waals surface area contributed by atoms with Crippen molar-refractivity contribution in [3.8, 4) is 5.75 Å². The Morgan fingerprint density at radius 2 is 2.00 bits per heavy atom. The largest absolute Gasteiger partial charge is 0.497 e. The van der Waals surface area contributed by atoms with Crippen molar-refractivity contribution >= 4 is 31.6 Å². The molecule has 0 atom stereocenters. The number of hydrogen-bond acceptors (Lipinski definition) is 4. The zero-order valence-corrected chi connectivity index (χ0v) is 13.5. The molecule has 0 amide bonds. The van der Waals surface area contributed by atoms with Gasteiger partial charge in [-0.2, -0.15) is 0 Å². The quantitative estimate of drug-likeness (QED) is 0.705. The fourth-order valence-corrected chi connectivity index (χ4v) is 2.94. The third-order valence-corrected chi connectivity index (χ3v) is 4.10. The summed E-state index contributed by atoms with van der Waals surface area (Å²) in [6.07, 6.45) is 0.982. The van der Waals surface area contributed by atoms with Crippen LogP contribution in [0.3, 0.4) is 0 Å². The van der Waals surface area contributed by atoms with Gasteiger partial charge in [0.2, 0.25) is 10.0 Å². The van der Waals surface area contributed by atoms with Gasteiger partial charge in [-0.05, 0) is 25.1 Å². The van der Waals surface area contributed by atoms with Crippen LogP contribution in [-0.4, -0.2) is 34.4 Å². The summed E-state index contributed by atoms with van der Waals surface area (Å²) in [6.45, 7) is 3.29. The molecule has 0 aliphatic carbocycles. The summed E-state index contributed by atoms with van der Waals surface area (Å²) in [6, 6.07) is 5.10. The molecule has 5 nitrogen and oxygen atoms in total. The SMILES string of the molecule is CCCNCCS(=O)(=O)Nc1cc(Br)cc(OC)c1. The monoisotopic (exact) mass is 350 g/mol. The van der Waals surface area contributed by atoms with Crippen molar-refractivity contribution in [1.29, 1.82) is 0 Å². The second-order valence-electron chi connectivity index (χ2n) is 4.05. The summed E-state index contributed by atoms with van der Waals surface area (Å²) in [7, 11) is -1.81. The maximum absolute atomic E-state index is 11.9. The van der Waals surface area contributed by atoms with Crippen LogP contribution >= 0.6 is 15.9 Å². The summed E-state index contributed by atoms with van der Waals surface area (Å²) >= 11 is 3.31. The average molecular weight is 351 g/mol. The van der Waals surface area contributed by atoms with Crippen molar-refractivity contribution in [3.05, 3.63) is 22.7 Å². The molecule has 0 aliphatic rings. The molecule has 7 heteroatoms. The number of sulfonamides is 1. The first-order valence-electron chi connectivity index (χ1n) is 6.02. The Bertz CT molecular complexity index is 506. The van der Waals surface area contributed by atoms with Crippen molar-refractivity contribution in [2.75, 3.05) is 30.7 Å². The van der Waals surface area contributed by atoms with Gasteiger partial charge >= 0.3 is 0 Å². The molecule has 0 saturated carbocycles. The van der Waals surface area contributed by atoms with Gasteiger partial charge in [0.05, 0.1) is 18.6 Å². The van der Waals surface area contributed by atoms with Crippen LogP contribution in [-0.2, 0) is 10.0 Å². The van der Waals surface area contributed by atoms with E-state index in [1.54, 1.807) is 18.2 Å². The zero-order valence-electron chi connectivity index (χ0n) is 11.1. The Morgan fingerprint density at radius 1 is 1.26 bits per heavy atom. The van der Waals surface area contributed by atoms with Crippen LogP contribution in [0.25, 0.3) is 0 Å². The minimum atomic E-state index is -3.35. The first kappa shape index (κ1) is 16.3. The Morgan fingerprint density at radius 3 is 2.63 bits per heavy atom. The minimum Gasteiger partial charge on any atom is -0.497 e. The first-order valence-corrected chi connectivity index (χ1v) is 8.47. The molecule has 0 saturated heterocycles. The van der Waals surface area contributed by atoms with Gasteiger partial charge in [0.15, 0.2) is 0 Å². The maximum Gasteiger partial charge on any atom is 0.233 e. The van der Waals surface area contributed by atoms with E-state index in [0.717, 1.165) is 17.4 Å². The third kappa shape index (κ3) is 6.26. The molecular formula is C12H19BrN2O3S. The van der Waals surface area contributed by atoms with Crippen molar-refractivity contribution in [1.82, 2.24) is 5.32 Å². The molecule has 0 aromatic heterocycles. The Labute approximate surface area is 122 Å². The summed E-state index contributed by atoms with van der Waals surface area (Å²) in [4.78, 5) is 0. The minimum absolute atomic E-state index is 0.0435. The van der Waals surface area contributed by atoms with E-state index >= 15 is 0 Å². The number of nitrogens with one attached hydrogen (secondary N) is 2. The van der Waals surface area contributed by atoms with Gasteiger partial charge in [-0.15, -0.1) is 0 Å². The predicted molar refractivity (Wildman–Crippen MR) is 81.3 cm³/mol. The van der Waals surface area contributed by atoms with E-state index in [-0.39, 0.29) is 5.75 Å². The molecule has 0 spiro atoms. The van der Waals surface area contributed by atoms with Crippen LogP contribution in [0, 0.1) is 0 Å². The molecule has 0 aliphatic heterocycles. The molecule has 1 aromatic rings. The van der Waals surface area contributed by atoms with Crippen LogP contribution in [0.4, 0.5) is 5.69 Å². The fourth-order valence-electron chi connectivity index (χ4n) is 1.48. The molecule has 0 fully saturated rings. The second-order valence-corrected chi connectivity index (χ2v) is 6.81. The van der Waals surface area contributed by atoms with Crippen LogP contribution in [0.15, 0.2) is 22.7 Å². The predicted octanol–water partition coefficient (Wildman–Crippen LogP) is 2.20. The number of benzene rings is 1. The van der Waals surface area contributed by atoms with Gasteiger partial charge in [-0.1, -0.05) is 22.9 Å². The highest BCUT2D eigenvalue weighted by molar-refractivity contribution is 9.10. The van der Waals surface area contributed by atoms with Crippen LogP contribution < -0.4 is 14.8 Å². The van der Waals surface area contributed by atoms with E-state index in [0.29, 0.717) is 18.0 Å². The fraction of sp³-hybridized carbons (Fsp3) is 0.500. The number of rotatable bonds is 8. The van der Waals surface area contributed by atoms with Gasteiger partial charge in [-0.3, -0.25) is 4.72 Å². The van der Waals surface area contributed by atoms with Crippen molar-refractivity contribution in [2.45, 2.75) is 13.3 Å². The standard InChI is InChI=1S/C12H19BrN2O3S/c1-3-4-14-5-6-19(16,17)15-11-7-10(13)8-12(9-11)18-2/h7-9,14-15H,3-6H2,1-2H3. The van der Waals surface area contributed by atoms with Crippen LogP contribution in [0.1, 0.15) is 13.3 Å². The van der Waals surface area contributed by atoms with Crippen molar-refractivity contribution < 1.29 is 13.2 Å². The van der Waals surface area contributed by atoms with Crippen LogP contribution in [0.5, 0.6) is 5.75 Å². The van der Waals surface area contributed by atoms with Gasteiger partial charge in [-0.25, -0.2) is 8.42 Å². The highest BCUT2D eigenvalue weighted by atomic mass is 79.9. The number of anilines is 1. The van der Waals surface area contributed by atoms with E-state index in [1.165, 1.54) is 7.11 Å². The van der Waals surface area contributed by atoms with Gasteiger partial charge in [0, 0.05) is 17.1 Å². The highest BCUT2D eigenvalue weighted by Gasteiger charge is 2.11. The Kier molecular flexibility index (Phi) is 6.60. The lowest BCUT2D eigenvalue weighted by Crippen LogP contribution is -2.27. The molecule has 2 N–H and O–H groups in total. The summed E-state index contributed by atoms with van der Waals surface area (Å²) < 4.78 is 32.1. The number of ether oxygens (including phenoxy) is 1. The average Bonchev–Trinajstić information content (AvgIpc) is 2.33. The lowest BCUT2D eigenvalue weighted by Gasteiger charge is -2.10. The van der Waals surface area contributed by atoms with Gasteiger partial charge < -0.3 is 10.1 Å². The number of hydrogen-bond donors (Lipinski definition) is 2. The molecule has 0 heterocycles. The molecule has 0 bridgehead atoms. The van der Waals surface area contributed by atoms with E-state index in [1.807, 2.05) is 6.92 Å². The smallest absolute Gasteiger partial charge is 0.233 e. The van der Waals surface area contributed by atoms with E-state index in [4.69, 9.17) is 4.74 Å². The number of halogens is 1. The van der Waals surface area contributed by atoms with Crippen molar-refractivity contribution in [3.63, 3.8) is 0 Å². The topological polar surface area (TPSA) is 67.4 Å². The molecule has 1 aromatic carbocycles. The summed E-state index contributed by atoms with van der Waals surface area (Å²) in [5.41, 5.74) is 0.488. The zero-order chi connectivity index (χ0) is 14.3. The lowest BCUT2D eigenvalue weighted by atomic mass is 10.3. The summed E-state index contributed by atoms with van der Waals surface area (Å²) in [5, 5.41) is 3.06. The lowest BCUT2D eigenvalue weighted by molar-refractivity contribution is 0.415. The molecule has 1 rings (SSSR count). The van der Waals surface area contributed by atoms with E-state index in [2.05, 4.69) is 26.0 Å². The highest BCUT2D eigenvalue weighted by Crippen LogP contribution is 2.25. The third-order valence-electron chi connectivity index (χ3n) is 2.35. The molecule has 0 unspecified atom stereocenters. The first-order chi connectivity index (χ1) is 8.96. The number of methoxy groups -OCH3 is 1. The maximum atomic E-state index is 11.9. The molecule has 0 radical (unpaired) electrons. The van der Waals surface area contributed by atoms with E-state index in [9.17, 15) is 8.42 Å². The van der Waals surface area contributed by atoms with Gasteiger partial charge in [0.25, 0.3) is 0 Å². The second kappa shape index (κ2) is 7.72. The Hall–Kier alpha value is -0.790. The molecule has 19 heavy (non-hydrogen) atoms. The normalized spacial score (nSPS) is 11.3. The van der Waals surface area contributed by atoms with Crippen molar-refractivity contribution in [2.24, 2.45) is 0 Å². The summed E-state index contributed by atoms with van der Waals surface area (Å²) in [5.74, 6) is 0.637. The van der Waals surface area contributed by atoms with Crippen LogP contribution in [0.2, 0.25) is 0 Å². The van der Waals surface area contributed by atoms with Gasteiger partial charge in [0.1, 0.15) is 5.75 Å². The van der Waals surface area contributed by atoms with E-state index < -0.39 is 10.0 Å². The molecule has 108 valence electrons. The molecular weight excluding hydrogens is 332 g/mol.